The average molecular weight is 241 g/mol. The van der Waals surface area contributed by atoms with Crippen LogP contribution in [0.3, 0.4) is 0 Å². The van der Waals surface area contributed by atoms with Crippen LogP contribution in [-0.4, -0.2) is 19.5 Å². The largest absolute Gasteiger partial charge is 0.331 e. The van der Waals surface area contributed by atoms with Crippen LogP contribution in [0.2, 0.25) is 0 Å². The molecule has 0 fully saturated rings. The van der Waals surface area contributed by atoms with Gasteiger partial charge < -0.3 is 4.98 Å². The van der Waals surface area contributed by atoms with Crippen LogP contribution in [-0.2, 0) is 0 Å². The van der Waals surface area contributed by atoms with Crippen molar-refractivity contribution in [2.24, 2.45) is 0 Å². The third-order valence-corrected chi connectivity index (χ3v) is 1.91. The van der Waals surface area contributed by atoms with Crippen molar-refractivity contribution in [1.82, 2.24) is 19.5 Å². The van der Waals surface area contributed by atoms with Crippen LogP contribution in [0.15, 0.2) is 34.2 Å². The molecule has 2 aromatic rings. The van der Waals surface area contributed by atoms with Gasteiger partial charge in [0.1, 0.15) is 4.60 Å². The van der Waals surface area contributed by atoms with Crippen molar-refractivity contribution in [3.63, 3.8) is 0 Å². The molecular formula is C7H5BrN4O. The molecule has 66 valence electrons. The van der Waals surface area contributed by atoms with E-state index in [0.29, 0.717) is 10.4 Å². The fourth-order valence-corrected chi connectivity index (χ4v) is 1.14. The topological polar surface area (TPSA) is 63.6 Å². The highest BCUT2D eigenvalue weighted by atomic mass is 79.9. The molecule has 0 saturated heterocycles. The summed E-state index contributed by atoms with van der Waals surface area (Å²) >= 11 is 3.16. The van der Waals surface area contributed by atoms with Crippen LogP contribution in [0.25, 0.3) is 5.82 Å². The summed E-state index contributed by atoms with van der Waals surface area (Å²) in [6.45, 7) is 0. The highest BCUT2D eigenvalue weighted by Gasteiger charge is 2.00. The lowest BCUT2D eigenvalue weighted by atomic mass is 10.6. The first-order valence-corrected chi connectivity index (χ1v) is 4.30. The number of rotatable bonds is 1. The van der Waals surface area contributed by atoms with Gasteiger partial charge in [-0.2, -0.15) is 0 Å². The molecule has 0 radical (unpaired) electrons. The maximum absolute atomic E-state index is 11.1. The number of nitrogens with zero attached hydrogens (tertiary/aromatic N) is 3. The molecule has 2 aromatic heterocycles. The lowest BCUT2D eigenvalue weighted by molar-refractivity contribution is 0.920. The van der Waals surface area contributed by atoms with Gasteiger partial charge >= 0.3 is 5.69 Å². The minimum atomic E-state index is -0.225. The molecule has 0 aliphatic heterocycles. The standard InChI is InChI=1S/C7H5BrN4O/c8-5-3-11-6(4-10-5)12-2-1-9-7(12)13/h1-4H,(H,9,13). The summed E-state index contributed by atoms with van der Waals surface area (Å²) in [5, 5.41) is 0. The van der Waals surface area contributed by atoms with E-state index >= 15 is 0 Å². The highest BCUT2D eigenvalue weighted by molar-refractivity contribution is 9.10. The number of hydrogen-bond acceptors (Lipinski definition) is 3. The Balaban J connectivity index is 2.54. The third-order valence-electron chi connectivity index (χ3n) is 1.50. The third kappa shape index (κ3) is 1.52. The molecule has 0 aliphatic rings. The van der Waals surface area contributed by atoms with Crippen LogP contribution >= 0.6 is 15.9 Å². The van der Waals surface area contributed by atoms with Gasteiger partial charge in [0.05, 0.1) is 12.4 Å². The van der Waals surface area contributed by atoms with Crippen LogP contribution in [0, 0.1) is 0 Å². The number of H-pyrrole nitrogens is 1. The fraction of sp³-hybridized carbons (Fsp3) is 0. The van der Waals surface area contributed by atoms with Crippen molar-refractivity contribution in [2.75, 3.05) is 0 Å². The zero-order valence-corrected chi connectivity index (χ0v) is 8.02. The zero-order chi connectivity index (χ0) is 9.26. The SMILES string of the molecule is O=c1[nH]ccn1-c1cnc(Br)cn1. The number of imidazole rings is 1. The van der Waals surface area contributed by atoms with Crippen LogP contribution < -0.4 is 5.69 Å². The number of aromatic amines is 1. The summed E-state index contributed by atoms with van der Waals surface area (Å²) in [7, 11) is 0. The molecule has 0 atom stereocenters. The van der Waals surface area contributed by atoms with Crippen molar-refractivity contribution in [3.05, 3.63) is 39.9 Å². The molecule has 2 heterocycles. The minimum absolute atomic E-state index is 0.225. The van der Waals surface area contributed by atoms with Gasteiger partial charge in [-0.05, 0) is 15.9 Å². The van der Waals surface area contributed by atoms with Gasteiger partial charge in [0.25, 0.3) is 0 Å². The molecule has 6 heteroatoms. The van der Waals surface area contributed by atoms with Crippen molar-refractivity contribution in [1.29, 1.82) is 0 Å². The maximum Gasteiger partial charge on any atom is 0.331 e. The quantitative estimate of drug-likeness (QED) is 0.799. The lowest BCUT2D eigenvalue weighted by Crippen LogP contribution is -2.15. The van der Waals surface area contributed by atoms with Gasteiger partial charge in [0, 0.05) is 12.4 Å². The molecule has 0 unspecified atom stereocenters. The second-order valence-corrected chi connectivity index (χ2v) is 3.15. The zero-order valence-electron chi connectivity index (χ0n) is 6.44. The molecule has 0 spiro atoms. The Bertz CT molecular complexity index is 458. The van der Waals surface area contributed by atoms with E-state index in [4.69, 9.17) is 0 Å². The summed E-state index contributed by atoms with van der Waals surface area (Å²) in [5.74, 6) is 0.495. The molecule has 13 heavy (non-hydrogen) atoms. The number of nitrogens with one attached hydrogen (secondary N) is 1. The Morgan fingerprint density at radius 2 is 2.23 bits per heavy atom. The summed E-state index contributed by atoms with van der Waals surface area (Å²) in [4.78, 5) is 21.6. The summed E-state index contributed by atoms with van der Waals surface area (Å²) in [5.41, 5.74) is -0.225. The van der Waals surface area contributed by atoms with Crippen LogP contribution in [0.5, 0.6) is 0 Å². The molecule has 0 aliphatic carbocycles. The van der Waals surface area contributed by atoms with Crippen molar-refractivity contribution >= 4 is 15.9 Å². The van der Waals surface area contributed by atoms with E-state index in [2.05, 4.69) is 30.9 Å². The van der Waals surface area contributed by atoms with Crippen molar-refractivity contribution in [2.45, 2.75) is 0 Å². The van der Waals surface area contributed by atoms with Crippen molar-refractivity contribution in [3.8, 4) is 5.82 Å². The van der Waals surface area contributed by atoms with Gasteiger partial charge in [-0.3, -0.25) is 4.57 Å². The van der Waals surface area contributed by atoms with E-state index in [1.165, 1.54) is 17.0 Å². The average Bonchev–Trinajstić information content (AvgIpc) is 2.53. The summed E-state index contributed by atoms with van der Waals surface area (Å²) < 4.78 is 2.01. The second-order valence-electron chi connectivity index (χ2n) is 2.33. The number of aromatic nitrogens is 4. The molecule has 1 N–H and O–H groups in total. The predicted molar refractivity (Wildman–Crippen MR) is 49.7 cm³/mol. The maximum atomic E-state index is 11.1. The Hall–Kier alpha value is -1.43. The molecular weight excluding hydrogens is 236 g/mol. The molecule has 0 amide bonds. The van der Waals surface area contributed by atoms with Crippen LogP contribution in [0.1, 0.15) is 0 Å². The van der Waals surface area contributed by atoms with Gasteiger partial charge in [-0.15, -0.1) is 0 Å². The normalized spacial score (nSPS) is 10.2. The molecule has 0 aromatic carbocycles. The molecule has 2 rings (SSSR count). The van der Waals surface area contributed by atoms with E-state index in [9.17, 15) is 4.79 Å². The Morgan fingerprint density at radius 3 is 2.77 bits per heavy atom. The Labute approximate surface area is 81.6 Å². The van der Waals surface area contributed by atoms with E-state index < -0.39 is 0 Å². The Morgan fingerprint density at radius 1 is 1.38 bits per heavy atom. The predicted octanol–water partition coefficient (Wildman–Crippen LogP) is 0.718. The van der Waals surface area contributed by atoms with E-state index in [1.54, 1.807) is 12.4 Å². The minimum Gasteiger partial charge on any atom is -0.312 e. The number of hydrogen-bond donors (Lipinski definition) is 1. The molecule has 0 saturated carbocycles. The van der Waals surface area contributed by atoms with E-state index in [1.807, 2.05) is 0 Å². The smallest absolute Gasteiger partial charge is 0.312 e. The first-order chi connectivity index (χ1) is 6.27. The van der Waals surface area contributed by atoms with Crippen molar-refractivity contribution < 1.29 is 0 Å². The summed E-state index contributed by atoms with van der Waals surface area (Å²) in [6.07, 6.45) is 6.19. The first-order valence-electron chi connectivity index (χ1n) is 3.51. The van der Waals surface area contributed by atoms with Gasteiger partial charge in [-0.25, -0.2) is 14.8 Å². The summed E-state index contributed by atoms with van der Waals surface area (Å²) in [6, 6.07) is 0. The van der Waals surface area contributed by atoms with Gasteiger partial charge in [-0.1, -0.05) is 0 Å². The van der Waals surface area contributed by atoms with Gasteiger partial charge in [0.15, 0.2) is 5.82 Å². The van der Waals surface area contributed by atoms with E-state index in [-0.39, 0.29) is 5.69 Å². The lowest BCUT2D eigenvalue weighted by Gasteiger charge is -1.97. The second kappa shape index (κ2) is 3.14. The first kappa shape index (κ1) is 8.18. The van der Waals surface area contributed by atoms with Gasteiger partial charge in [0.2, 0.25) is 0 Å². The van der Waals surface area contributed by atoms with Crippen LogP contribution in [0.4, 0.5) is 0 Å². The fourth-order valence-electron chi connectivity index (χ4n) is 0.931. The molecule has 0 bridgehead atoms. The van der Waals surface area contributed by atoms with E-state index in [0.717, 1.165) is 0 Å². The molecule has 5 nitrogen and oxygen atoms in total. The highest BCUT2D eigenvalue weighted by Crippen LogP contribution is 2.04. The number of halogens is 1. The Kier molecular flexibility index (Phi) is 1.97. The monoisotopic (exact) mass is 240 g/mol.